The predicted octanol–water partition coefficient (Wildman–Crippen LogP) is 2.13. The molecule has 0 aliphatic carbocycles. The number of ether oxygens (including phenoxy) is 2. The monoisotopic (exact) mass is 332 g/mol. The summed E-state index contributed by atoms with van der Waals surface area (Å²) in [5, 5.41) is 0.626. The molecule has 1 fully saturated rings. The Morgan fingerprint density at radius 1 is 1.30 bits per heavy atom. The molecular formula is C16H16N2O4S. The molecule has 0 bridgehead atoms. The number of carbonyl (C=O) groups is 2. The lowest BCUT2D eigenvalue weighted by Gasteiger charge is -2.32. The molecule has 1 atom stereocenters. The van der Waals surface area contributed by atoms with Crippen LogP contribution in [0.5, 0.6) is 5.75 Å². The second kappa shape index (κ2) is 6.08. The maximum atomic E-state index is 12.3. The minimum absolute atomic E-state index is 0.0662. The van der Waals surface area contributed by atoms with Gasteiger partial charge in [0.15, 0.2) is 5.17 Å². The topological polar surface area (TPSA) is 68.2 Å². The maximum absolute atomic E-state index is 12.3. The molecule has 0 aromatic heterocycles. The molecule has 120 valence electrons. The number of rotatable bonds is 3. The van der Waals surface area contributed by atoms with Crippen LogP contribution >= 0.6 is 11.8 Å². The van der Waals surface area contributed by atoms with Crippen LogP contribution in [0, 0.1) is 0 Å². The van der Waals surface area contributed by atoms with Gasteiger partial charge in [-0.3, -0.25) is 9.69 Å². The molecule has 0 unspecified atom stereocenters. The number of hydrogen-bond acceptors (Lipinski definition) is 6. The van der Waals surface area contributed by atoms with Crippen LogP contribution < -0.4 is 4.74 Å². The summed E-state index contributed by atoms with van der Waals surface area (Å²) in [6.07, 6.45) is 0. The predicted molar refractivity (Wildman–Crippen MR) is 87.2 cm³/mol. The van der Waals surface area contributed by atoms with Gasteiger partial charge in [-0.05, 0) is 24.6 Å². The fourth-order valence-corrected chi connectivity index (χ4v) is 3.65. The van der Waals surface area contributed by atoms with Gasteiger partial charge in [0.1, 0.15) is 5.75 Å². The lowest BCUT2D eigenvalue weighted by molar-refractivity contribution is -0.137. The van der Waals surface area contributed by atoms with Crippen LogP contribution in [0.4, 0.5) is 0 Å². The van der Waals surface area contributed by atoms with Gasteiger partial charge in [-0.15, -0.1) is 0 Å². The summed E-state index contributed by atoms with van der Waals surface area (Å²) in [5.74, 6) is 0.493. The molecular weight excluding hydrogens is 316 g/mol. The summed E-state index contributed by atoms with van der Waals surface area (Å²) in [7, 11) is 2.92. The average Bonchev–Trinajstić information content (AvgIpc) is 2.93. The van der Waals surface area contributed by atoms with Gasteiger partial charge in [0.05, 0.1) is 37.3 Å². The Hall–Kier alpha value is -2.28. The fraction of sp³-hybridized carbons (Fsp3) is 0.312. The summed E-state index contributed by atoms with van der Waals surface area (Å²) in [4.78, 5) is 30.5. The number of thioether (sulfide) groups is 1. The standard InChI is InChI=1S/C16H16N2O4S/c1-9-13(15(20)22-3)14(10-4-6-11(21-2)7-5-10)18-12(19)8-23-16(18)17-9/h4-7,14H,8H2,1-3H3/t14-/m0/s1. The lowest BCUT2D eigenvalue weighted by atomic mass is 9.94. The highest BCUT2D eigenvalue weighted by atomic mass is 32.2. The largest absolute Gasteiger partial charge is 0.497 e. The fourth-order valence-electron chi connectivity index (χ4n) is 2.71. The Balaban J connectivity index is 2.12. The Kier molecular flexibility index (Phi) is 4.12. The SMILES string of the molecule is COC(=O)C1=C(C)N=C2SCC(=O)N2[C@H]1c1ccc(OC)cc1. The zero-order chi connectivity index (χ0) is 16.6. The molecule has 1 amide bonds. The van der Waals surface area contributed by atoms with Crippen molar-refractivity contribution in [3.8, 4) is 5.75 Å². The van der Waals surface area contributed by atoms with Gasteiger partial charge in [0, 0.05) is 0 Å². The van der Waals surface area contributed by atoms with E-state index in [0.29, 0.717) is 27.9 Å². The molecule has 0 saturated carbocycles. The molecule has 0 N–H and O–H groups in total. The highest BCUT2D eigenvalue weighted by Crippen LogP contribution is 2.41. The van der Waals surface area contributed by atoms with Gasteiger partial charge in [-0.1, -0.05) is 23.9 Å². The minimum atomic E-state index is -0.525. The van der Waals surface area contributed by atoms with Gasteiger partial charge in [-0.2, -0.15) is 0 Å². The van der Waals surface area contributed by atoms with E-state index < -0.39 is 12.0 Å². The summed E-state index contributed by atoms with van der Waals surface area (Å²) in [6.45, 7) is 1.76. The second-order valence-corrected chi connectivity index (χ2v) is 6.06. The van der Waals surface area contributed by atoms with E-state index in [0.717, 1.165) is 5.56 Å². The van der Waals surface area contributed by atoms with Crippen molar-refractivity contribution in [1.29, 1.82) is 0 Å². The normalized spacial score (nSPS) is 20.3. The number of methoxy groups -OCH3 is 2. The molecule has 7 heteroatoms. The van der Waals surface area contributed by atoms with Gasteiger partial charge in [-0.25, -0.2) is 9.79 Å². The summed E-state index contributed by atoms with van der Waals surface area (Å²) in [5.41, 5.74) is 1.78. The van der Waals surface area contributed by atoms with Gasteiger partial charge in [0.2, 0.25) is 5.91 Å². The zero-order valence-electron chi connectivity index (χ0n) is 13.0. The molecule has 6 nitrogen and oxygen atoms in total. The quantitative estimate of drug-likeness (QED) is 0.793. The van der Waals surface area contributed by atoms with Crippen molar-refractivity contribution < 1.29 is 19.1 Å². The molecule has 2 aliphatic heterocycles. The number of carbonyl (C=O) groups excluding carboxylic acids is 2. The van der Waals surface area contributed by atoms with Crippen molar-refractivity contribution in [2.24, 2.45) is 4.99 Å². The Morgan fingerprint density at radius 3 is 2.61 bits per heavy atom. The third kappa shape index (κ3) is 2.61. The third-order valence-corrected chi connectivity index (χ3v) is 4.76. The molecule has 1 aromatic carbocycles. The van der Waals surface area contributed by atoms with Crippen molar-refractivity contribution in [3.63, 3.8) is 0 Å². The van der Waals surface area contributed by atoms with E-state index >= 15 is 0 Å². The number of hydrogen-bond donors (Lipinski definition) is 0. The van der Waals surface area contributed by atoms with E-state index in [-0.39, 0.29) is 5.91 Å². The Bertz CT molecular complexity index is 724. The first-order valence-electron chi connectivity index (χ1n) is 7.03. The molecule has 2 heterocycles. The highest BCUT2D eigenvalue weighted by Gasteiger charge is 2.43. The number of amides is 1. The van der Waals surface area contributed by atoms with Crippen molar-refractivity contribution in [3.05, 3.63) is 41.1 Å². The van der Waals surface area contributed by atoms with Crippen LogP contribution in [0.3, 0.4) is 0 Å². The summed E-state index contributed by atoms with van der Waals surface area (Å²) < 4.78 is 10.1. The zero-order valence-corrected chi connectivity index (χ0v) is 13.8. The first-order chi connectivity index (χ1) is 11.1. The van der Waals surface area contributed by atoms with Crippen LogP contribution in [-0.2, 0) is 14.3 Å². The maximum Gasteiger partial charge on any atom is 0.338 e. The van der Waals surface area contributed by atoms with E-state index in [2.05, 4.69) is 4.99 Å². The van der Waals surface area contributed by atoms with Gasteiger partial charge in [0.25, 0.3) is 0 Å². The van der Waals surface area contributed by atoms with Crippen LogP contribution in [0.1, 0.15) is 18.5 Å². The van der Waals surface area contributed by atoms with Crippen molar-refractivity contribution in [2.45, 2.75) is 13.0 Å². The molecule has 1 saturated heterocycles. The third-order valence-electron chi connectivity index (χ3n) is 3.82. The second-order valence-electron chi connectivity index (χ2n) is 5.11. The average molecular weight is 332 g/mol. The van der Waals surface area contributed by atoms with Gasteiger partial charge < -0.3 is 9.47 Å². The number of esters is 1. The number of aliphatic imine (C=N–C) groups is 1. The van der Waals surface area contributed by atoms with Crippen molar-refractivity contribution >= 4 is 28.8 Å². The first-order valence-corrected chi connectivity index (χ1v) is 8.02. The van der Waals surface area contributed by atoms with E-state index in [4.69, 9.17) is 9.47 Å². The van der Waals surface area contributed by atoms with Crippen LogP contribution in [0.15, 0.2) is 40.5 Å². The number of fused-ring (bicyclic) bond motifs is 1. The Labute approximate surface area is 138 Å². The molecule has 0 radical (unpaired) electrons. The van der Waals surface area contributed by atoms with E-state index in [9.17, 15) is 9.59 Å². The van der Waals surface area contributed by atoms with Crippen LogP contribution in [0.25, 0.3) is 0 Å². The minimum Gasteiger partial charge on any atom is -0.497 e. The first kappa shape index (κ1) is 15.6. The number of benzene rings is 1. The van der Waals surface area contributed by atoms with Crippen molar-refractivity contribution in [1.82, 2.24) is 4.90 Å². The molecule has 3 rings (SSSR count). The molecule has 2 aliphatic rings. The lowest BCUT2D eigenvalue weighted by Crippen LogP contribution is -2.39. The highest BCUT2D eigenvalue weighted by molar-refractivity contribution is 8.15. The molecule has 0 spiro atoms. The van der Waals surface area contributed by atoms with Crippen molar-refractivity contribution in [2.75, 3.05) is 20.0 Å². The summed E-state index contributed by atoms with van der Waals surface area (Å²) >= 11 is 1.38. The van der Waals surface area contributed by atoms with E-state index in [1.165, 1.54) is 18.9 Å². The number of amidine groups is 1. The smallest absolute Gasteiger partial charge is 0.338 e. The Morgan fingerprint density at radius 2 is 2.00 bits per heavy atom. The van der Waals surface area contributed by atoms with Crippen LogP contribution in [-0.4, -0.2) is 41.9 Å². The number of allylic oxidation sites excluding steroid dienone is 1. The van der Waals surface area contributed by atoms with Crippen LogP contribution in [0.2, 0.25) is 0 Å². The van der Waals surface area contributed by atoms with E-state index in [1.807, 2.05) is 12.1 Å². The van der Waals surface area contributed by atoms with Gasteiger partial charge >= 0.3 is 5.97 Å². The molecule has 23 heavy (non-hydrogen) atoms. The van der Waals surface area contributed by atoms with E-state index in [1.54, 1.807) is 31.1 Å². The molecule has 1 aromatic rings. The number of nitrogens with zero attached hydrogens (tertiary/aromatic N) is 2. The summed E-state index contributed by atoms with van der Waals surface area (Å²) in [6, 6.07) is 6.78.